The second kappa shape index (κ2) is 4.59. The molecule has 1 unspecified atom stereocenters. The van der Waals surface area contributed by atoms with Gasteiger partial charge in [-0.2, -0.15) is 4.31 Å². The van der Waals surface area contributed by atoms with E-state index in [1.165, 1.54) is 16.4 Å². The predicted molar refractivity (Wildman–Crippen MR) is 58.3 cm³/mol. The topological polar surface area (TPSA) is 76.8 Å². The van der Waals surface area contributed by atoms with Crippen molar-refractivity contribution in [1.82, 2.24) is 4.31 Å². The number of morpholine rings is 1. The smallest absolute Gasteiger partial charge is 0.276 e. The molecular formula is C10H13NO5S. The summed E-state index contributed by atoms with van der Waals surface area (Å²) in [5.41, 5.74) is 0. The number of nitrogens with zero attached hydrogens (tertiary/aromatic N) is 1. The summed E-state index contributed by atoms with van der Waals surface area (Å²) in [6, 6.07) is 2.63. The molecule has 6 nitrogen and oxygen atoms in total. The third kappa shape index (κ3) is 2.41. The second-order valence-corrected chi connectivity index (χ2v) is 5.69. The minimum Gasteiger partial charge on any atom is -0.440 e. The second-order valence-electron chi connectivity index (χ2n) is 3.82. The van der Waals surface area contributed by atoms with Crippen LogP contribution in [0, 0.1) is 0 Å². The van der Waals surface area contributed by atoms with Gasteiger partial charge in [-0.25, -0.2) is 8.42 Å². The molecule has 0 aliphatic carbocycles. The van der Waals surface area contributed by atoms with Crippen molar-refractivity contribution in [3.05, 3.63) is 17.9 Å². The highest BCUT2D eigenvalue weighted by molar-refractivity contribution is 7.89. The largest absolute Gasteiger partial charge is 0.440 e. The summed E-state index contributed by atoms with van der Waals surface area (Å²) in [4.78, 5) is 10.5. The summed E-state index contributed by atoms with van der Waals surface area (Å²) < 4.78 is 35.8. The van der Waals surface area contributed by atoms with Gasteiger partial charge in [0.2, 0.25) is 5.09 Å². The Morgan fingerprint density at radius 3 is 2.82 bits per heavy atom. The molecule has 1 aromatic heterocycles. The molecule has 1 fully saturated rings. The van der Waals surface area contributed by atoms with Crippen LogP contribution in [0.2, 0.25) is 0 Å². The van der Waals surface area contributed by atoms with E-state index in [0.717, 1.165) is 0 Å². The molecule has 0 spiro atoms. The Hall–Kier alpha value is -1.18. The van der Waals surface area contributed by atoms with Crippen LogP contribution in [-0.4, -0.2) is 44.8 Å². The van der Waals surface area contributed by atoms with E-state index in [1.807, 2.05) is 0 Å². The van der Waals surface area contributed by atoms with Crippen molar-refractivity contribution in [2.45, 2.75) is 18.1 Å². The van der Waals surface area contributed by atoms with Gasteiger partial charge in [0, 0.05) is 13.1 Å². The highest BCUT2D eigenvalue weighted by atomic mass is 32.2. The number of aldehydes is 1. The number of hydrogen-bond acceptors (Lipinski definition) is 5. The number of furan rings is 1. The minimum absolute atomic E-state index is 0.00452. The van der Waals surface area contributed by atoms with E-state index in [-0.39, 0.29) is 17.0 Å². The lowest BCUT2D eigenvalue weighted by molar-refractivity contribution is 0.00975. The fraction of sp³-hybridized carbons (Fsp3) is 0.500. The van der Waals surface area contributed by atoms with Crippen molar-refractivity contribution >= 4 is 16.3 Å². The van der Waals surface area contributed by atoms with E-state index in [0.29, 0.717) is 26.0 Å². The van der Waals surface area contributed by atoms with E-state index < -0.39 is 10.0 Å². The number of sulfonamides is 1. The van der Waals surface area contributed by atoms with Crippen LogP contribution < -0.4 is 0 Å². The van der Waals surface area contributed by atoms with Gasteiger partial charge in [0.1, 0.15) is 0 Å². The van der Waals surface area contributed by atoms with Gasteiger partial charge >= 0.3 is 0 Å². The van der Waals surface area contributed by atoms with Crippen molar-refractivity contribution in [2.24, 2.45) is 0 Å². The molecule has 0 saturated carbocycles. The molecule has 0 aromatic carbocycles. The lowest BCUT2D eigenvalue weighted by Gasteiger charge is -2.29. The number of rotatable bonds is 3. The molecule has 1 atom stereocenters. The summed E-state index contributed by atoms with van der Waals surface area (Å²) in [7, 11) is -3.66. The maximum atomic E-state index is 12.1. The zero-order valence-electron chi connectivity index (χ0n) is 9.33. The van der Waals surface area contributed by atoms with Gasteiger partial charge in [-0.15, -0.1) is 0 Å². The molecule has 1 aliphatic rings. The van der Waals surface area contributed by atoms with Gasteiger partial charge in [-0.1, -0.05) is 0 Å². The monoisotopic (exact) mass is 259 g/mol. The van der Waals surface area contributed by atoms with Crippen molar-refractivity contribution in [3.63, 3.8) is 0 Å². The van der Waals surface area contributed by atoms with Gasteiger partial charge in [-0.05, 0) is 19.1 Å². The normalized spacial score (nSPS) is 22.5. The molecule has 94 valence electrons. The van der Waals surface area contributed by atoms with E-state index in [1.54, 1.807) is 6.92 Å². The van der Waals surface area contributed by atoms with Crippen LogP contribution in [0.15, 0.2) is 21.6 Å². The van der Waals surface area contributed by atoms with Crippen molar-refractivity contribution in [1.29, 1.82) is 0 Å². The maximum absolute atomic E-state index is 12.1. The van der Waals surface area contributed by atoms with E-state index >= 15 is 0 Å². The lowest BCUT2D eigenvalue weighted by Crippen LogP contribution is -2.44. The van der Waals surface area contributed by atoms with E-state index in [9.17, 15) is 13.2 Å². The fourth-order valence-electron chi connectivity index (χ4n) is 1.67. The number of hydrogen-bond donors (Lipinski definition) is 0. The summed E-state index contributed by atoms with van der Waals surface area (Å²) in [5.74, 6) is 0.00452. The van der Waals surface area contributed by atoms with Gasteiger partial charge < -0.3 is 9.15 Å². The van der Waals surface area contributed by atoms with Gasteiger partial charge in [-0.3, -0.25) is 4.79 Å². The third-order valence-electron chi connectivity index (χ3n) is 2.52. The molecule has 2 heterocycles. The van der Waals surface area contributed by atoms with Gasteiger partial charge in [0.25, 0.3) is 10.0 Å². The fourth-order valence-corrected chi connectivity index (χ4v) is 3.09. The molecule has 0 radical (unpaired) electrons. The summed E-state index contributed by atoms with van der Waals surface area (Å²) in [6.07, 6.45) is 0.333. The first-order chi connectivity index (χ1) is 8.04. The lowest BCUT2D eigenvalue weighted by atomic mass is 10.3. The highest BCUT2D eigenvalue weighted by Gasteiger charge is 2.31. The van der Waals surface area contributed by atoms with Crippen LogP contribution in [0.1, 0.15) is 17.5 Å². The molecule has 1 aliphatic heterocycles. The van der Waals surface area contributed by atoms with Crippen molar-refractivity contribution in [3.8, 4) is 0 Å². The highest BCUT2D eigenvalue weighted by Crippen LogP contribution is 2.20. The summed E-state index contributed by atoms with van der Waals surface area (Å²) >= 11 is 0. The number of carbonyl (C=O) groups is 1. The Balaban J connectivity index is 2.26. The average molecular weight is 259 g/mol. The summed E-state index contributed by atoms with van der Waals surface area (Å²) in [6.45, 7) is 2.76. The molecule has 2 rings (SSSR count). The van der Waals surface area contributed by atoms with Crippen molar-refractivity contribution in [2.75, 3.05) is 19.7 Å². The molecule has 17 heavy (non-hydrogen) atoms. The molecule has 0 bridgehead atoms. The molecule has 0 N–H and O–H groups in total. The maximum Gasteiger partial charge on any atom is 0.276 e. The molecule has 1 saturated heterocycles. The van der Waals surface area contributed by atoms with Crippen LogP contribution in [0.5, 0.6) is 0 Å². The van der Waals surface area contributed by atoms with Crippen LogP contribution in [0.3, 0.4) is 0 Å². The molecule has 1 aromatic rings. The van der Waals surface area contributed by atoms with Crippen LogP contribution in [0.4, 0.5) is 0 Å². The van der Waals surface area contributed by atoms with Crippen LogP contribution >= 0.6 is 0 Å². The molecular weight excluding hydrogens is 246 g/mol. The van der Waals surface area contributed by atoms with Crippen LogP contribution in [-0.2, 0) is 14.8 Å². The Bertz CT molecular complexity index is 507. The van der Waals surface area contributed by atoms with E-state index in [4.69, 9.17) is 9.15 Å². The van der Waals surface area contributed by atoms with Gasteiger partial charge in [0.15, 0.2) is 12.0 Å². The number of carbonyl (C=O) groups excluding carboxylic acids is 1. The number of ether oxygens (including phenoxy) is 1. The minimum atomic E-state index is -3.66. The van der Waals surface area contributed by atoms with Gasteiger partial charge in [0.05, 0.1) is 12.7 Å². The van der Waals surface area contributed by atoms with Crippen LogP contribution in [0.25, 0.3) is 0 Å². The first-order valence-electron chi connectivity index (χ1n) is 5.21. The summed E-state index contributed by atoms with van der Waals surface area (Å²) in [5, 5.41) is -0.200. The molecule has 7 heteroatoms. The zero-order valence-corrected chi connectivity index (χ0v) is 10.1. The predicted octanol–water partition coefficient (Wildman–Crippen LogP) is 0.502. The first-order valence-corrected chi connectivity index (χ1v) is 6.65. The Morgan fingerprint density at radius 1 is 1.47 bits per heavy atom. The van der Waals surface area contributed by atoms with Crippen molar-refractivity contribution < 1.29 is 22.4 Å². The SMILES string of the molecule is CC1CN(S(=O)(=O)c2ccc(C=O)o2)CCO1. The third-order valence-corrected chi connectivity index (χ3v) is 4.26. The Labute approximate surface area is 99.2 Å². The quantitative estimate of drug-likeness (QED) is 0.739. The standard InChI is InChI=1S/C10H13NO5S/c1-8-6-11(4-5-15-8)17(13,14)10-3-2-9(7-12)16-10/h2-3,7-8H,4-6H2,1H3. The Morgan fingerprint density at radius 2 is 2.24 bits per heavy atom. The Kier molecular flexibility index (Phi) is 3.32. The van der Waals surface area contributed by atoms with E-state index in [2.05, 4.69) is 0 Å². The first kappa shape index (κ1) is 12.3. The zero-order chi connectivity index (χ0) is 12.5. The molecule has 0 amide bonds. The average Bonchev–Trinajstić information content (AvgIpc) is 2.78.